The van der Waals surface area contributed by atoms with E-state index in [1.54, 1.807) is 125 Å². The van der Waals surface area contributed by atoms with Crippen LogP contribution in [0.15, 0.2) is 12.7 Å². The van der Waals surface area contributed by atoms with Gasteiger partial charge in [-0.05, 0) is 225 Å². The fourth-order valence-corrected chi connectivity index (χ4v) is 8.52. The first-order valence-corrected chi connectivity index (χ1v) is 33.0. The van der Waals surface area contributed by atoms with Crippen LogP contribution >= 0.6 is 0 Å². The lowest BCUT2D eigenvalue weighted by atomic mass is 9.84. The minimum atomic E-state index is -1.66. The number of nitrogens with two attached hydrogens (primary N) is 1. The van der Waals surface area contributed by atoms with Crippen LogP contribution < -0.4 is 11.1 Å². The number of ether oxygens (including phenoxy) is 9. The van der Waals surface area contributed by atoms with Crippen LogP contribution in [0.3, 0.4) is 0 Å². The number of carbonyl (C=O) groups excluding carboxylic acids is 10. The first-order chi connectivity index (χ1) is 43.0. The largest absolute Gasteiger partial charge is 0.460 e. The maximum atomic E-state index is 12.2. The number of nitro groups is 2. The summed E-state index contributed by atoms with van der Waals surface area (Å²) in [6, 6.07) is 0. The minimum absolute atomic E-state index is 0. The molecule has 566 valence electrons. The third-order valence-electron chi connectivity index (χ3n) is 12.0. The molecule has 0 bridgehead atoms. The van der Waals surface area contributed by atoms with Gasteiger partial charge in [-0.25, -0.2) is 4.79 Å². The zero-order chi connectivity index (χ0) is 77.4. The van der Waals surface area contributed by atoms with Crippen LogP contribution in [-0.4, -0.2) is 144 Å². The second kappa shape index (κ2) is 40.9. The third kappa shape index (κ3) is 61.3. The Morgan fingerprint density at radius 3 is 0.773 bits per heavy atom. The number of nitrogens with one attached hydrogen (secondary N) is 1. The van der Waals surface area contributed by atoms with Crippen molar-refractivity contribution in [1.82, 2.24) is 5.32 Å². The number of hydrogen-bond donors (Lipinski definition) is 2. The van der Waals surface area contributed by atoms with E-state index in [4.69, 9.17) is 58.5 Å². The number of carbonyl (C=O) groups is 10. The van der Waals surface area contributed by atoms with Gasteiger partial charge in [-0.15, -0.1) is 0 Å². The molecule has 0 radical (unpaired) electrons. The number of nitrogens with zero attached hydrogens (tertiary/aromatic N) is 2. The van der Waals surface area contributed by atoms with Crippen molar-refractivity contribution in [2.75, 3.05) is 7.05 Å². The molecule has 0 spiro atoms. The van der Waals surface area contributed by atoms with Crippen LogP contribution in [0.25, 0.3) is 0 Å². The van der Waals surface area contributed by atoms with Crippen LogP contribution in [0.4, 0.5) is 0 Å². The molecule has 0 aromatic carbocycles. The van der Waals surface area contributed by atoms with Crippen LogP contribution in [0.1, 0.15) is 304 Å². The molecular weight excluding hydrogens is 1260 g/mol. The highest BCUT2D eigenvalue weighted by Gasteiger charge is 2.45. The normalized spacial score (nSPS) is 13.5. The monoisotopic (exact) mass is 1390 g/mol. The SMILES string of the molecule is C=CC(=O)OC(C)(C)C.CC(C)(C)OC(=O)CCC(CCC(=O)OC(C)(C)C)(CCC(=O)OC(C)(C)C)[N+](=O)[O-].CC(C)(C)OC(=O)CCC(N)(CCC(=O)OC(C)(C)C)CCC(=O)OC(C)(C)C.CC(C)(C)OC(=O)CCC1(CCC(=O)OC(C)(C)C)CCC(=O)N1.C[N+](=O)[O-].[2HH]. The summed E-state index contributed by atoms with van der Waals surface area (Å²) in [5.41, 5.74) is -1.92. The lowest BCUT2D eigenvalue weighted by Gasteiger charge is -2.30. The fourth-order valence-electron chi connectivity index (χ4n) is 8.52. The molecule has 0 unspecified atom stereocenters. The van der Waals surface area contributed by atoms with E-state index in [9.17, 15) is 58.1 Å². The smallest absolute Gasteiger partial charge is 0.330 e. The summed E-state index contributed by atoms with van der Waals surface area (Å²) in [5.74, 6) is -3.80. The second-order valence-electron chi connectivity index (χ2n) is 33.0. The molecule has 3 N–H and O–H groups in total. The van der Waals surface area contributed by atoms with Gasteiger partial charge in [-0.1, -0.05) is 6.58 Å². The second-order valence-corrected chi connectivity index (χ2v) is 33.0. The first-order valence-electron chi connectivity index (χ1n) is 33.0. The molecule has 1 heterocycles. The van der Waals surface area contributed by atoms with E-state index < -0.39 is 94.8 Å². The van der Waals surface area contributed by atoms with E-state index in [2.05, 4.69) is 11.9 Å². The van der Waals surface area contributed by atoms with Crippen molar-refractivity contribution in [2.24, 2.45) is 5.73 Å². The van der Waals surface area contributed by atoms with Gasteiger partial charge < -0.3 is 53.7 Å². The van der Waals surface area contributed by atoms with Crippen molar-refractivity contribution in [1.29, 1.82) is 0 Å². The van der Waals surface area contributed by atoms with Crippen molar-refractivity contribution >= 4 is 59.6 Å². The fraction of sp³-hybridized carbons (Fsp3) is 0.829. The number of amides is 1. The molecule has 0 aromatic heterocycles. The summed E-state index contributed by atoms with van der Waals surface area (Å²) >= 11 is 0. The molecule has 0 saturated carbocycles. The van der Waals surface area contributed by atoms with Gasteiger partial charge in [-0.3, -0.25) is 63.4 Å². The lowest BCUT2D eigenvalue weighted by Crippen LogP contribution is -2.43. The lowest BCUT2D eigenvalue weighted by molar-refractivity contribution is -0.573. The highest BCUT2D eigenvalue weighted by atomic mass is 16.6. The summed E-state index contributed by atoms with van der Waals surface area (Å²) in [6.45, 7) is 51.2. The molecule has 1 rings (SSSR count). The van der Waals surface area contributed by atoms with E-state index in [0.717, 1.165) is 13.1 Å². The molecule has 97 heavy (non-hydrogen) atoms. The maximum absolute atomic E-state index is 12.2. The molecule has 27 heteroatoms. The van der Waals surface area contributed by atoms with Gasteiger partial charge in [0.2, 0.25) is 11.4 Å². The molecule has 1 saturated heterocycles. The Hall–Kier alpha value is -6.80. The van der Waals surface area contributed by atoms with Crippen molar-refractivity contribution in [3.8, 4) is 0 Å². The summed E-state index contributed by atoms with van der Waals surface area (Å²) in [7, 11) is 0.889. The first kappa shape index (κ1) is 96.6. The Balaban J connectivity index is -0.000000403. The Morgan fingerprint density at radius 1 is 0.423 bits per heavy atom. The van der Waals surface area contributed by atoms with E-state index >= 15 is 0 Å². The van der Waals surface area contributed by atoms with Crippen molar-refractivity contribution in [3.05, 3.63) is 32.9 Å². The topological polar surface area (TPSA) is 378 Å². The molecule has 1 aliphatic heterocycles. The van der Waals surface area contributed by atoms with Crippen LogP contribution in [0.2, 0.25) is 0 Å². The summed E-state index contributed by atoms with van der Waals surface area (Å²) < 4.78 is 47.2. The standard InChI is InChI=1S/C22H39NO8.C22H41NO6.C18H31NO5.C7H12O2.CH3NO2.H2/c1-19(2,3)29-16(24)10-13-22(23(27)28,14-11-17(25)30-20(4,5)6)15-12-18(26)31-21(7,8)9;1-19(2,3)27-16(24)10-13-22(23,14-11-17(25)28-20(4,5)6)15-12-18(26)29-21(7,8)9;1-16(2,3)23-14(21)8-11-18(10-7-13(20)19-18)12-9-15(22)24-17(4,5)6;1-5-6(8)9-7(2,3)4;1-2(3)4;/h10-15H2,1-9H3;10-15,23H2,1-9H3;7-12H2,1-6H3,(H,19,20);5H,1H2,2-4H3;1H3;1H/i;;;;;1+1. The average molecular weight is 1390 g/mol. The Bertz CT molecular complexity index is 2380. The predicted octanol–water partition coefficient (Wildman–Crippen LogP) is 12.9. The highest BCUT2D eigenvalue weighted by molar-refractivity contribution is 5.81. The van der Waals surface area contributed by atoms with E-state index in [-0.39, 0.29) is 114 Å². The van der Waals surface area contributed by atoms with Crippen LogP contribution in [-0.2, 0) is 90.6 Å². The van der Waals surface area contributed by atoms with Crippen molar-refractivity contribution < 1.29 is 102 Å². The van der Waals surface area contributed by atoms with E-state index in [1.807, 2.05) is 62.3 Å². The van der Waals surface area contributed by atoms with Gasteiger partial charge in [0.25, 0.3) is 0 Å². The molecular formula is C70H128N4O23. The highest BCUT2D eigenvalue weighted by Crippen LogP contribution is 2.34. The number of hydrogen-bond acceptors (Lipinski definition) is 24. The number of rotatable bonds is 26. The van der Waals surface area contributed by atoms with E-state index in [0.29, 0.717) is 44.9 Å². The zero-order valence-corrected chi connectivity index (χ0v) is 64.4. The molecule has 1 amide bonds. The van der Waals surface area contributed by atoms with E-state index in [1.165, 1.54) is 0 Å². The predicted molar refractivity (Wildman–Crippen MR) is 368 cm³/mol. The van der Waals surface area contributed by atoms with Gasteiger partial charge in [-0.2, -0.15) is 0 Å². The zero-order valence-electron chi connectivity index (χ0n) is 64.4. The molecule has 0 atom stereocenters. The summed E-state index contributed by atoms with van der Waals surface area (Å²) in [4.78, 5) is 139. The van der Waals surface area contributed by atoms with Gasteiger partial charge in [0, 0.05) is 86.2 Å². The Kier molecular flexibility index (Phi) is 40.8. The Morgan fingerprint density at radius 2 is 0.619 bits per heavy atom. The molecule has 1 aliphatic rings. The maximum Gasteiger partial charge on any atom is 0.330 e. The summed E-state index contributed by atoms with van der Waals surface area (Å²) in [6.07, 6.45) is 3.66. The van der Waals surface area contributed by atoms with Crippen LogP contribution in [0, 0.1) is 20.2 Å². The summed E-state index contributed by atoms with van der Waals surface area (Å²) in [5, 5.41) is 23.8. The van der Waals surface area contributed by atoms with Crippen molar-refractivity contribution in [2.45, 2.75) is 370 Å². The van der Waals surface area contributed by atoms with Gasteiger partial charge >= 0.3 is 53.7 Å². The molecule has 1 fully saturated rings. The quantitative estimate of drug-likeness (QED) is 0.0267. The third-order valence-corrected chi connectivity index (χ3v) is 12.0. The molecule has 27 nitrogen and oxygen atoms in total. The number of esters is 9. The van der Waals surface area contributed by atoms with Crippen LogP contribution in [0.5, 0.6) is 0 Å². The van der Waals surface area contributed by atoms with Crippen molar-refractivity contribution in [3.63, 3.8) is 0 Å². The minimum Gasteiger partial charge on any atom is -0.460 e. The molecule has 0 aromatic rings. The average Bonchev–Trinajstić information content (AvgIpc) is 1.48. The molecule has 0 aliphatic carbocycles. The Labute approximate surface area is 580 Å². The van der Waals surface area contributed by atoms with Gasteiger partial charge in [0.15, 0.2) is 7.05 Å². The van der Waals surface area contributed by atoms with Gasteiger partial charge in [0.05, 0.1) is 19.3 Å². The van der Waals surface area contributed by atoms with Gasteiger partial charge in [0.1, 0.15) is 50.4 Å².